The van der Waals surface area contributed by atoms with Gasteiger partial charge >= 0.3 is 5.88 Å². The Morgan fingerprint density at radius 3 is 2.90 bits per heavy atom. The van der Waals surface area contributed by atoms with E-state index in [-0.39, 0.29) is 30.4 Å². The third-order valence-electron chi connectivity index (χ3n) is 4.34. The van der Waals surface area contributed by atoms with Crippen molar-refractivity contribution in [3.05, 3.63) is 64.8 Å². The van der Waals surface area contributed by atoms with Crippen molar-refractivity contribution in [2.75, 3.05) is 13.7 Å². The number of aromatic amines is 1. The Labute approximate surface area is 173 Å². The molecule has 0 saturated heterocycles. The highest BCUT2D eigenvalue weighted by Crippen LogP contribution is 2.25. The number of fused-ring (bicyclic) bond motifs is 1. The number of nitriles is 1. The lowest BCUT2D eigenvalue weighted by atomic mass is 10.0. The topological polar surface area (TPSA) is 118 Å². The second-order valence-electron chi connectivity index (χ2n) is 6.53. The number of benzene rings is 2. The Hall–Kier alpha value is -3.96. The van der Waals surface area contributed by atoms with Crippen molar-refractivity contribution in [1.82, 2.24) is 5.43 Å². The zero-order valence-corrected chi connectivity index (χ0v) is 16.6. The molecule has 0 radical (unpaired) electrons. The monoisotopic (exact) mass is 405 g/mol. The fourth-order valence-corrected chi connectivity index (χ4v) is 3.02. The molecule has 1 amide bonds. The molecule has 0 saturated carbocycles. The molecule has 3 rings (SSSR count). The summed E-state index contributed by atoms with van der Waals surface area (Å²) in [7, 11) is 1.53. The standard InChI is InChI=1S/C22H20N4O4/c1-14-9-16(12-29-2)18(10-23)22(25-14)30-13-21(28)26-24-11-19-17-6-4-3-5-15(17)7-8-20(19)27/h3-9,11,27H,12-13H2,1-2H3,(H,26,28)/p+1/b24-11+. The minimum Gasteiger partial charge on any atom is -0.507 e. The lowest BCUT2D eigenvalue weighted by Crippen LogP contribution is -2.27. The first-order valence-electron chi connectivity index (χ1n) is 9.13. The molecule has 0 fully saturated rings. The maximum Gasteiger partial charge on any atom is 0.385 e. The van der Waals surface area contributed by atoms with Gasteiger partial charge < -0.3 is 14.6 Å². The second-order valence-corrected chi connectivity index (χ2v) is 6.53. The summed E-state index contributed by atoms with van der Waals surface area (Å²) in [6.07, 6.45) is 1.38. The number of hydrazone groups is 1. The van der Waals surface area contributed by atoms with Crippen LogP contribution in [0.1, 0.15) is 22.4 Å². The summed E-state index contributed by atoms with van der Waals surface area (Å²) in [4.78, 5) is 15.1. The summed E-state index contributed by atoms with van der Waals surface area (Å²) in [6, 6.07) is 14.8. The first-order valence-corrected chi connectivity index (χ1v) is 9.13. The molecule has 0 aliphatic carbocycles. The highest BCUT2D eigenvalue weighted by molar-refractivity contribution is 6.02. The number of hydrogen-bond acceptors (Lipinski definition) is 6. The van der Waals surface area contributed by atoms with Crippen LogP contribution in [0.5, 0.6) is 11.6 Å². The van der Waals surface area contributed by atoms with Crippen LogP contribution in [0.2, 0.25) is 0 Å². The molecule has 0 aliphatic heterocycles. The smallest absolute Gasteiger partial charge is 0.385 e. The van der Waals surface area contributed by atoms with Crippen molar-refractivity contribution in [1.29, 1.82) is 5.26 Å². The van der Waals surface area contributed by atoms with Crippen LogP contribution >= 0.6 is 0 Å². The van der Waals surface area contributed by atoms with E-state index in [9.17, 15) is 15.2 Å². The number of pyridine rings is 1. The lowest BCUT2D eigenvalue weighted by molar-refractivity contribution is -0.403. The normalized spacial score (nSPS) is 10.8. The predicted octanol–water partition coefficient (Wildman–Crippen LogP) is 2.22. The molecule has 8 heteroatoms. The van der Waals surface area contributed by atoms with Crippen LogP contribution < -0.4 is 15.1 Å². The first kappa shape index (κ1) is 20.8. The van der Waals surface area contributed by atoms with Gasteiger partial charge in [-0.2, -0.15) is 15.3 Å². The predicted molar refractivity (Wildman–Crippen MR) is 110 cm³/mol. The molecule has 0 spiro atoms. The van der Waals surface area contributed by atoms with E-state index in [1.807, 2.05) is 31.2 Å². The Bertz CT molecular complexity index is 1150. The molecule has 0 aliphatic rings. The Balaban J connectivity index is 1.68. The number of carbonyl (C=O) groups is 1. The highest BCUT2D eigenvalue weighted by atomic mass is 16.5. The van der Waals surface area contributed by atoms with Crippen LogP contribution in [0.25, 0.3) is 10.8 Å². The number of amides is 1. The minimum absolute atomic E-state index is 0.0571. The minimum atomic E-state index is -0.516. The molecule has 30 heavy (non-hydrogen) atoms. The van der Waals surface area contributed by atoms with Crippen molar-refractivity contribution in [3.63, 3.8) is 0 Å². The van der Waals surface area contributed by atoms with E-state index < -0.39 is 5.91 Å². The summed E-state index contributed by atoms with van der Waals surface area (Å²) in [6.45, 7) is 1.72. The lowest BCUT2D eigenvalue weighted by Gasteiger charge is -2.06. The van der Waals surface area contributed by atoms with E-state index >= 15 is 0 Å². The number of aromatic nitrogens is 1. The molecule has 0 bridgehead atoms. The maximum absolute atomic E-state index is 12.1. The summed E-state index contributed by atoms with van der Waals surface area (Å²) in [5.74, 6) is -0.268. The molecular formula is C22H21N4O4+. The van der Waals surface area contributed by atoms with Crippen molar-refractivity contribution < 1.29 is 24.4 Å². The molecular weight excluding hydrogens is 384 g/mol. The van der Waals surface area contributed by atoms with Gasteiger partial charge in [-0.1, -0.05) is 30.3 Å². The number of aryl methyl sites for hydroxylation is 1. The molecule has 1 heterocycles. The van der Waals surface area contributed by atoms with Crippen molar-refractivity contribution in [2.24, 2.45) is 5.10 Å². The summed E-state index contributed by atoms with van der Waals surface area (Å²) in [5, 5.41) is 25.2. The zero-order chi connectivity index (χ0) is 21.5. The number of rotatable bonds is 7. The second kappa shape index (κ2) is 9.49. The number of nitrogens with one attached hydrogen (secondary N) is 2. The largest absolute Gasteiger partial charge is 0.507 e. The Kier molecular flexibility index (Phi) is 6.57. The maximum atomic E-state index is 12.1. The van der Waals surface area contributed by atoms with Crippen LogP contribution in [-0.2, 0) is 16.1 Å². The van der Waals surface area contributed by atoms with Gasteiger partial charge in [0.1, 0.15) is 11.8 Å². The Morgan fingerprint density at radius 2 is 2.13 bits per heavy atom. The van der Waals surface area contributed by atoms with Crippen LogP contribution in [0.4, 0.5) is 0 Å². The van der Waals surface area contributed by atoms with Gasteiger partial charge in [0.15, 0.2) is 17.9 Å². The number of nitrogens with zero attached hydrogens (tertiary/aromatic N) is 2. The first-order chi connectivity index (χ1) is 14.5. The van der Waals surface area contributed by atoms with Crippen LogP contribution in [0.3, 0.4) is 0 Å². The van der Waals surface area contributed by atoms with Crippen LogP contribution in [-0.4, -0.2) is 30.9 Å². The number of H-pyrrole nitrogens is 1. The quantitative estimate of drug-likeness (QED) is 0.462. The highest BCUT2D eigenvalue weighted by Gasteiger charge is 2.19. The van der Waals surface area contributed by atoms with Gasteiger partial charge in [0.05, 0.1) is 12.8 Å². The van der Waals surface area contributed by atoms with E-state index in [4.69, 9.17) is 9.47 Å². The third kappa shape index (κ3) is 4.71. The molecule has 152 valence electrons. The molecule has 8 nitrogen and oxygen atoms in total. The SMILES string of the molecule is COCc1cc(C)[nH+]c(OCC(=O)N/N=C/c2c(O)ccc3ccccc23)c1C#N. The van der Waals surface area contributed by atoms with E-state index in [1.54, 1.807) is 18.2 Å². The average Bonchev–Trinajstić information content (AvgIpc) is 2.74. The zero-order valence-electron chi connectivity index (χ0n) is 16.6. The van der Waals surface area contributed by atoms with Crippen molar-refractivity contribution in [2.45, 2.75) is 13.5 Å². The van der Waals surface area contributed by atoms with Gasteiger partial charge in [0.25, 0.3) is 5.91 Å². The number of phenolic OH excluding ortho intramolecular Hbond substituents is 1. The van der Waals surface area contributed by atoms with Crippen LogP contribution in [0.15, 0.2) is 47.6 Å². The molecule has 2 aromatic carbocycles. The van der Waals surface area contributed by atoms with Gasteiger partial charge in [0, 0.05) is 31.2 Å². The van der Waals surface area contributed by atoms with Gasteiger partial charge in [0.2, 0.25) is 0 Å². The molecule has 3 aromatic rings. The molecule has 3 N–H and O–H groups in total. The third-order valence-corrected chi connectivity index (χ3v) is 4.34. The van der Waals surface area contributed by atoms with Crippen LogP contribution in [0, 0.1) is 18.3 Å². The van der Waals surface area contributed by atoms with E-state index in [2.05, 4.69) is 21.6 Å². The van der Waals surface area contributed by atoms with E-state index in [1.165, 1.54) is 13.3 Å². The fraction of sp³-hybridized carbons (Fsp3) is 0.182. The molecule has 0 atom stereocenters. The van der Waals surface area contributed by atoms with Crippen molar-refractivity contribution >= 4 is 22.9 Å². The fourth-order valence-electron chi connectivity index (χ4n) is 3.02. The number of ether oxygens (including phenoxy) is 2. The summed E-state index contributed by atoms with van der Waals surface area (Å²) < 4.78 is 10.6. The number of phenols is 1. The molecule has 1 aromatic heterocycles. The number of carbonyl (C=O) groups excluding carboxylic acids is 1. The van der Waals surface area contributed by atoms with Gasteiger partial charge in [-0.25, -0.2) is 5.43 Å². The van der Waals surface area contributed by atoms with Gasteiger partial charge in [-0.05, 0) is 16.8 Å². The van der Waals surface area contributed by atoms with Gasteiger partial charge in [-0.3, -0.25) is 4.79 Å². The number of hydrogen-bond donors (Lipinski definition) is 2. The summed E-state index contributed by atoms with van der Waals surface area (Å²) >= 11 is 0. The molecule has 0 unspecified atom stereocenters. The van der Waals surface area contributed by atoms with E-state index in [0.29, 0.717) is 11.1 Å². The average molecular weight is 405 g/mol. The van der Waals surface area contributed by atoms with Gasteiger partial charge in [-0.15, -0.1) is 0 Å². The van der Waals surface area contributed by atoms with E-state index in [0.717, 1.165) is 16.5 Å². The number of aromatic hydroxyl groups is 1. The van der Waals surface area contributed by atoms with Crippen molar-refractivity contribution in [3.8, 4) is 17.7 Å². The summed E-state index contributed by atoms with van der Waals surface area (Å²) in [5.41, 5.74) is 4.56. The number of methoxy groups -OCH3 is 1. The Morgan fingerprint density at radius 1 is 1.33 bits per heavy atom.